The van der Waals surface area contributed by atoms with Gasteiger partial charge in [-0.2, -0.15) is 0 Å². The highest BCUT2D eigenvalue weighted by atomic mass is 79.9. The van der Waals surface area contributed by atoms with E-state index in [1.165, 1.54) is 0 Å². The lowest BCUT2D eigenvalue weighted by Gasteiger charge is -2.17. The zero-order valence-corrected chi connectivity index (χ0v) is 12.2. The fourth-order valence-corrected chi connectivity index (χ4v) is 2.55. The number of benzene rings is 1. The van der Waals surface area contributed by atoms with E-state index in [4.69, 9.17) is 14.2 Å². The lowest BCUT2D eigenvalue weighted by atomic mass is 10.2. The minimum absolute atomic E-state index is 0.116. The van der Waals surface area contributed by atoms with Crippen LogP contribution in [-0.2, 0) is 11.3 Å². The van der Waals surface area contributed by atoms with Crippen LogP contribution < -0.4 is 14.8 Å². The number of hydrogen-bond acceptors (Lipinski definition) is 4. The van der Waals surface area contributed by atoms with E-state index in [0.717, 1.165) is 41.1 Å². The number of ether oxygens (including phenoxy) is 3. The Hall–Kier alpha value is -0.780. The Morgan fingerprint density at radius 2 is 2.33 bits per heavy atom. The summed E-state index contributed by atoms with van der Waals surface area (Å²) in [4.78, 5) is 0. The molecule has 0 saturated carbocycles. The average Bonchev–Trinajstić information content (AvgIpc) is 2.85. The van der Waals surface area contributed by atoms with Gasteiger partial charge >= 0.3 is 0 Å². The van der Waals surface area contributed by atoms with Crippen molar-refractivity contribution in [2.45, 2.75) is 19.1 Å². The highest BCUT2D eigenvalue weighted by molar-refractivity contribution is 9.10. The van der Waals surface area contributed by atoms with Crippen LogP contribution in [0.4, 0.5) is 0 Å². The van der Waals surface area contributed by atoms with E-state index in [1.54, 1.807) is 7.11 Å². The molecule has 0 amide bonds. The maximum absolute atomic E-state index is 5.94. The third kappa shape index (κ3) is 3.16. The zero-order valence-electron chi connectivity index (χ0n) is 10.7. The molecule has 0 bridgehead atoms. The molecule has 1 atom stereocenters. The molecule has 1 saturated heterocycles. The molecular formula is C13H18BrNO3. The normalized spacial score (nSPS) is 18.9. The molecule has 1 aromatic rings. The lowest BCUT2D eigenvalue weighted by molar-refractivity contribution is 0.138. The second-order valence-electron chi connectivity index (χ2n) is 4.24. The van der Waals surface area contributed by atoms with Crippen LogP contribution in [0.25, 0.3) is 0 Å². The molecule has 1 aliphatic heterocycles. The average molecular weight is 316 g/mol. The van der Waals surface area contributed by atoms with Crippen LogP contribution >= 0.6 is 15.9 Å². The van der Waals surface area contributed by atoms with Gasteiger partial charge in [0.1, 0.15) is 6.10 Å². The Morgan fingerprint density at radius 1 is 1.50 bits per heavy atom. The van der Waals surface area contributed by atoms with E-state index >= 15 is 0 Å². The predicted octanol–water partition coefficient (Wildman–Crippen LogP) is 2.34. The van der Waals surface area contributed by atoms with Crippen LogP contribution in [0, 0.1) is 0 Å². The van der Waals surface area contributed by atoms with Crippen LogP contribution in [0.1, 0.15) is 12.0 Å². The number of rotatable bonds is 5. The van der Waals surface area contributed by atoms with E-state index in [9.17, 15) is 0 Å². The van der Waals surface area contributed by atoms with Crippen molar-refractivity contribution in [1.82, 2.24) is 5.32 Å². The van der Waals surface area contributed by atoms with Crippen molar-refractivity contribution in [3.63, 3.8) is 0 Å². The highest BCUT2D eigenvalue weighted by Gasteiger charge is 2.21. The minimum Gasteiger partial charge on any atom is -0.493 e. The molecule has 0 aliphatic carbocycles. The van der Waals surface area contributed by atoms with Crippen molar-refractivity contribution in [2.75, 3.05) is 27.4 Å². The molecule has 0 radical (unpaired) electrons. The summed E-state index contributed by atoms with van der Waals surface area (Å²) in [5.41, 5.74) is 1.15. The summed E-state index contributed by atoms with van der Waals surface area (Å²) in [6.45, 7) is 2.21. The SMILES string of the molecule is CNCc1cc(Br)c(OC2CCOC2)c(OC)c1. The summed E-state index contributed by atoms with van der Waals surface area (Å²) in [6, 6.07) is 4.04. The van der Waals surface area contributed by atoms with Crippen molar-refractivity contribution < 1.29 is 14.2 Å². The van der Waals surface area contributed by atoms with E-state index in [2.05, 4.69) is 21.2 Å². The summed E-state index contributed by atoms with van der Waals surface area (Å²) in [5.74, 6) is 1.51. The van der Waals surface area contributed by atoms with Crippen LogP contribution in [0.2, 0.25) is 0 Å². The van der Waals surface area contributed by atoms with Gasteiger partial charge in [-0.3, -0.25) is 0 Å². The highest BCUT2D eigenvalue weighted by Crippen LogP contribution is 2.38. The molecule has 1 heterocycles. The van der Waals surface area contributed by atoms with Crippen molar-refractivity contribution in [1.29, 1.82) is 0 Å². The monoisotopic (exact) mass is 315 g/mol. The smallest absolute Gasteiger partial charge is 0.175 e. The molecule has 18 heavy (non-hydrogen) atoms. The zero-order chi connectivity index (χ0) is 13.0. The molecule has 1 aromatic carbocycles. The molecule has 0 spiro atoms. The quantitative estimate of drug-likeness (QED) is 0.905. The van der Waals surface area contributed by atoms with Crippen LogP contribution in [-0.4, -0.2) is 33.5 Å². The second kappa shape index (κ2) is 6.41. The van der Waals surface area contributed by atoms with Gasteiger partial charge in [-0.1, -0.05) is 0 Å². The summed E-state index contributed by atoms with van der Waals surface area (Å²) in [7, 11) is 3.57. The second-order valence-corrected chi connectivity index (χ2v) is 5.10. The Morgan fingerprint density at radius 3 is 2.94 bits per heavy atom. The lowest BCUT2D eigenvalue weighted by Crippen LogP contribution is -2.16. The molecule has 5 heteroatoms. The number of methoxy groups -OCH3 is 1. The first-order valence-electron chi connectivity index (χ1n) is 6.00. The van der Waals surface area contributed by atoms with Gasteiger partial charge in [0.2, 0.25) is 0 Å². The van der Waals surface area contributed by atoms with Gasteiger partial charge in [0, 0.05) is 13.0 Å². The summed E-state index contributed by atoms with van der Waals surface area (Å²) in [6.07, 6.45) is 1.04. The third-order valence-electron chi connectivity index (χ3n) is 2.84. The first-order valence-corrected chi connectivity index (χ1v) is 6.79. The molecule has 0 aromatic heterocycles. The Labute approximate surface area is 116 Å². The largest absolute Gasteiger partial charge is 0.493 e. The Bertz CT molecular complexity index is 405. The number of hydrogen-bond donors (Lipinski definition) is 1. The summed E-state index contributed by atoms with van der Waals surface area (Å²) in [5, 5.41) is 3.12. The molecule has 1 N–H and O–H groups in total. The minimum atomic E-state index is 0.116. The van der Waals surface area contributed by atoms with Gasteiger partial charge in [0.05, 0.1) is 24.8 Å². The van der Waals surface area contributed by atoms with Crippen molar-refractivity contribution in [2.24, 2.45) is 0 Å². The van der Waals surface area contributed by atoms with Gasteiger partial charge in [-0.25, -0.2) is 0 Å². The standard InChI is InChI=1S/C13H18BrNO3/c1-15-7-9-5-11(14)13(12(6-9)16-2)18-10-3-4-17-8-10/h5-6,10,15H,3-4,7-8H2,1-2H3. The van der Waals surface area contributed by atoms with Crippen molar-refractivity contribution in [3.05, 3.63) is 22.2 Å². The summed E-state index contributed by atoms with van der Waals surface area (Å²) < 4.78 is 17.6. The van der Waals surface area contributed by atoms with E-state index in [0.29, 0.717) is 6.61 Å². The third-order valence-corrected chi connectivity index (χ3v) is 3.43. The maximum atomic E-state index is 5.94. The number of halogens is 1. The number of nitrogens with one attached hydrogen (secondary N) is 1. The predicted molar refractivity (Wildman–Crippen MR) is 73.3 cm³/mol. The topological polar surface area (TPSA) is 39.7 Å². The summed E-state index contributed by atoms with van der Waals surface area (Å²) >= 11 is 3.54. The first kappa shape index (κ1) is 13.6. The molecular weight excluding hydrogens is 298 g/mol. The van der Waals surface area contributed by atoms with E-state index in [1.807, 2.05) is 19.2 Å². The Balaban J connectivity index is 2.21. The van der Waals surface area contributed by atoms with Gasteiger partial charge in [0.25, 0.3) is 0 Å². The van der Waals surface area contributed by atoms with Crippen molar-refractivity contribution in [3.8, 4) is 11.5 Å². The fraction of sp³-hybridized carbons (Fsp3) is 0.538. The van der Waals surface area contributed by atoms with Gasteiger partial charge in [-0.05, 0) is 40.7 Å². The van der Waals surface area contributed by atoms with Crippen LogP contribution in [0.3, 0.4) is 0 Å². The molecule has 1 aliphatic rings. The molecule has 1 fully saturated rings. The molecule has 1 unspecified atom stereocenters. The molecule has 100 valence electrons. The van der Waals surface area contributed by atoms with Crippen molar-refractivity contribution >= 4 is 15.9 Å². The molecule has 2 rings (SSSR count). The van der Waals surface area contributed by atoms with E-state index in [-0.39, 0.29) is 6.10 Å². The van der Waals surface area contributed by atoms with Gasteiger partial charge in [-0.15, -0.1) is 0 Å². The van der Waals surface area contributed by atoms with Crippen LogP contribution in [0.15, 0.2) is 16.6 Å². The first-order chi connectivity index (χ1) is 8.74. The van der Waals surface area contributed by atoms with Gasteiger partial charge < -0.3 is 19.5 Å². The van der Waals surface area contributed by atoms with E-state index < -0.39 is 0 Å². The fourth-order valence-electron chi connectivity index (χ4n) is 1.97. The van der Waals surface area contributed by atoms with Crippen LogP contribution in [0.5, 0.6) is 11.5 Å². The van der Waals surface area contributed by atoms with Gasteiger partial charge in [0.15, 0.2) is 11.5 Å². The Kier molecular flexibility index (Phi) is 4.86. The molecule has 4 nitrogen and oxygen atoms in total. The maximum Gasteiger partial charge on any atom is 0.175 e.